The van der Waals surface area contributed by atoms with Gasteiger partial charge in [-0.15, -0.1) is 0 Å². The first-order valence-corrected chi connectivity index (χ1v) is 6.69. The number of carbonyl (C=O) groups is 1. The van der Waals surface area contributed by atoms with Crippen LogP contribution in [0.1, 0.15) is 34.2 Å². The van der Waals surface area contributed by atoms with Crippen LogP contribution in [0.4, 0.5) is 4.39 Å². The van der Waals surface area contributed by atoms with Crippen molar-refractivity contribution in [1.82, 2.24) is 10.2 Å². The van der Waals surface area contributed by atoms with Gasteiger partial charge in [-0.1, -0.05) is 18.5 Å². The Morgan fingerprint density at radius 3 is 2.75 bits per heavy atom. The lowest BCUT2D eigenvalue weighted by atomic mass is 10.0. The smallest absolute Gasteiger partial charge is 0.169 e. The topological polar surface area (TPSA) is 42.9 Å². The molecule has 1 aromatic heterocycles. The molecule has 0 N–H and O–H groups in total. The Morgan fingerprint density at radius 1 is 1.30 bits per heavy atom. The molecule has 0 atom stereocenters. The zero-order chi connectivity index (χ0) is 14.7. The lowest BCUT2D eigenvalue weighted by Crippen LogP contribution is -2.10. The molecule has 1 heterocycles. The van der Waals surface area contributed by atoms with E-state index in [0.717, 1.165) is 0 Å². The largest absolute Gasteiger partial charge is 0.294 e. The predicted octanol–water partition coefficient (Wildman–Crippen LogP) is 3.57. The van der Waals surface area contributed by atoms with Gasteiger partial charge in [0.05, 0.1) is 11.4 Å². The van der Waals surface area contributed by atoms with Gasteiger partial charge in [-0.3, -0.25) is 4.79 Å². The maximum atomic E-state index is 13.2. The van der Waals surface area contributed by atoms with Gasteiger partial charge in [-0.2, -0.15) is 10.2 Å². The molecule has 1 aromatic carbocycles. The normalized spacial score (nSPS) is 10.6. The number of carbonyl (C=O) groups excluding carboxylic acids is 1. The van der Waals surface area contributed by atoms with E-state index in [1.807, 2.05) is 6.92 Å². The molecule has 0 bridgehead atoms. The average molecular weight is 293 g/mol. The second-order valence-electron chi connectivity index (χ2n) is 4.54. The molecule has 5 heteroatoms. The minimum Gasteiger partial charge on any atom is -0.294 e. The van der Waals surface area contributed by atoms with Crippen molar-refractivity contribution in [3.8, 4) is 0 Å². The van der Waals surface area contributed by atoms with Crippen LogP contribution >= 0.6 is 11.6 Å². The van der Waals surface area contributed by atoms with Gasteiger partial charge in [0.1, 0.15) is 5.82 Å². The number of hydrogen-bond acceptors (Lipinski definition) is 3. The van der Waals surface area contributed by atoms with Gasteiger partial charge in [-0.25, -0.2) is 4.39 Å². The first-order valence-electron chi connectivity index (χ1n) is 6.31. The summed E-state index contributed by atoms with van der Waals surface area (Å²) in [5, 5.41) is 8.35. The van der Waals surface area contributed by atoms with Crippen molar-refractivity contribution in [3.63, 3.8) is 0 Å². The molecule has 2 rings (SSSR count). The molecule has 3 nitrogen and oxygen atoms in total. The summed E-state index contributed by atoms with van der Waals surface area (Å²) in [5.41, 5.74) is 2.33. The van der Waals surface area contributed by atoms with Crippen molar-refractivity contribution in [2.45, 2.75) is 26.7 Å². The maximum absolute atomic E-state index is 13.2. The van der Waals surface area contributed by atoms with Gasteiger partial charge in [0.25, 0.3) is 0 Å². The molecule has 0 spiro atoms. The summed E-state index contributed by atoms with van der Waals surface area (Å²) >= 11 is 5.99. The molecule has 0 unspecified atom stereocenters. The molecule has 0 aliphatic carbocycles. The number of halogens is 2. The quantitative estimate of drug-likeness (QED) is 0.809. The van der Waals surface area contributed by atoms with Crippen molar-refractivity contribution in [2.24, 2.45) is 0 Å². The summed E-state index contributed by atoms with van der Waals surface area (Å²) in [6, 6.07) is 5.72. The number of aromatic nitrogens is 2. The first-order chi connectivity index (χ1) is 9.51. The van der Waals surface area contributed by atoms with Crippen LogP contribution in [0.5, 0.6) is 0 Å². The minimum absolute atomic E-state index is 0.0503. The highest BCUT2D eigenvalue weighted by atomic mass is 35.5. The maximum Gasteiger partial charge on any atom is 0.169 e. The molecular weight excluding hydrogens is 279 g/mol. The molecule has 104 valence electrons. The van der Waals surface area contributed by atoms with Crippen molar-refractivity contribution in [3.05, 3.63) is 57.6 Å². The van der Waals surface area contributed by atoms with Crippen LogP contribution in [-0.4, -0.2) is 16.0 Å². The van der Waals surface area contributed by atoms with Crippen molar-refractivity contribution in [2.75, 3.05) is 0 Å². The Hall–Kier alpha value is -1.81. The third-order valence-electron chi connectivity index (χ3n) is 2.99. The van der Waals surface area contributed by atoms with Crippen LogP contribution in [0.2, 0.25) is 5.02 Å². The summed E-state index contributed by atoms with van der Waals surface area (Å²) in [7, 11) is 0. The molecular formula is C15H14ClFN2O. The van der Waals surface area contributed by atoms with E-state index in [0.29, 0.717) is 34.0 Å². The minimum atomic E-state index is -0.406. The number of rotatable bonds is 4. The van der Waals surface area contributed by atoms with E-state index < -0.39 is 5.82 Å². The van der Waals surface area contributed by atoms with E-state index >= 15 is 0 Å². The first kappa shape index (κ1) is 14.6. The van der Waals surface area contributed by atoms with E-state index in [9.17, 15) is 9.18 Å². The fraction of sp³-hybridized carbons (Fsp3) is 0.267. The van der Waals surface area contributed by atoms with Crippen LogP contribution in [0.3, 0.4) is 0 Å². The molecule has 0 radical (unpaired) electrons. The Morgan fingerprint density at radius 2 is 2.05 bits per heavy atom. The molecule has 20 heavy (non-hydrogen) atoms. The molecule has 0 aliphatic heterocycles. The van der Waals surface area contributed by atoms with Gasteiger partial charge in [0.15, 0.2) is 5.78 Å². The molecule has 0 saturated heterocycles. The highest BCUT2D eigenvalue weighted by Crippen LogP contribution is 2.20. The fourth-order valence-electron chi connectivity index (χ4n) is 1.96. The highest BCUT2D eigenvalue weighted by molar-refractivity contribution is 6.31. The van der Waals surface area contributed by atoms with Crippen LogP contribution in [-0.2, 0) is 12.8 Å². The van der Waals surface area contributed by atoms with Crippen LogP contribution in [0, 0.1) is 12.7 Å². The van der Waals surface area contributed by atoms with Gasteiger partial charge in [0, 0.05) is 17.0 Å². The highest BCUT2D eigenvalue weighted by Gasteiger charge is 2.15. The van der Waals surface area contributed by atoms with E-state index in [-0.39, 0.29) is 12.2 Å². The molecule has 0 saturated carbocycles. The summed E-state index contributed by atoms with van der Waals surface area (Å²) < 4.78 is 13.2. The Bertz CT molecular complexity index is 658. The number of Topliss-reactive ketones (excluding diaryl/α,β-unsaturated/α-hetero) is 1. The number of hydrogen-bond donors (Lipinski definition) is 0. The Kier molecular flexibility index (Phi) is 4.45. The zero-order valence-electron chi connectivity index (χ0n) is 11.3. The number of benzene rings is 1. The number of aryl methyl sites for hydroxylation is 2. The van der Waals surface area contributed by atoms with Gasteiger partial charge >= 0.3 is 0 Å². The van der Waals surface area contributed by atoms with Crippen molar-refractivity contribution in [1.29, 1.82) is 0 Å². The lowest BCUT2D eigenvalue weighted by Gasteiger charge is -2.08. The van der Waals surface area contributed by atoms with Crippen LogP contribution in [0.25, 0.3) is 0 Å². The molecule has 0 fully saturated rings. The van der Waals surface area contributed by atoms with E-state index in [2.05, 4.69) is 10.2 Å². The fourth-order valence-corrected chi connectivity index (χ4v) is 2.15. The third kappa shape index (κ3) is 3.20. The predicted molar refractivity (Wildman–Crippen MR) is 75.6 cm³/mol. The van der Waals surface area contributed by atoms with Crippen molar-refractivity contribution >= 4 is 17.4 Å². The van der Waals surface area contributed by atoms with Gasteiger partial charge in [-0.05, 0) is 43.2 Å². The SMILES string of the molecule is CCc1nnc(C)cc1C(=O)Cc1cc(F)ccc1Cl. The monoisotopic (exact) mass is 292 g/mol. The standard InChI is InChI=1S/C15H14ClFN2O/c1-3-14-12(6-9(2)18-19-14)15(20)8-10-7-11(17)4-5-13(10)16/h4-7H,3,8H2,1-2H3. The summed E-state index contributed by atoms with van der Waals surface area (Å²) in [5.74, 6) is -0.538. The van der Waals surface area contributed by atoms with Gasteiger partial charge < -0.3 is 0 Å². The van der Waals surface area contributed by atoms with Crippen molar-refractivity contribution < 1.29 is 9.18 Å². The van der Waals surface area contributed by atoms with Crippen LogP contribution in [0.15, 0.2) is 24.3 Å². The Labute approximate surface area is 121 Å². The van der Waals surface area contributed by atoms with Gasteiger partial charge in [0.2, 0.25) is 0 Å². The van der Waals surface area contributed by atoms with E-state index in [4.69, 9.17) is 11.6 Å². The summed E-state index contributed by atoms with van der Waals surface area (Å²) in [4.78, 5) is 12.4. The van der Waals surface area contributed by atoms with E-state index in [1.165, 1.54) is 18.2 Å². The molecule has 0 amide bonds. The van der Waals surface area contributed by atoms with E-state index in [1.54, 1.807) is 13.0 Å². The molecule has 2 aromatic rings. The Balaban J connectivity index is 2.32. The second-order valence-corrected chi connectivity index (χ2v) is 4.94. The summed E-state index contributed by atoms with van der Waals surface area (Å²) in [6.07, 6.45) is 0.667. The number of ketones is 1. The number of nitrogens with zero attached hydrogens (tertiary/aromatic N) is 2. The average Bonchev–Trinajstić information content (AvgIpc) is 2.42. The third-order valence-corrected chi connectivity index (χ3v) is 3.36. The lowest BCUT2D eigenvalue weighted by molar-refractivity contribution is 0.0991. The summed E-state index contributed by atoms with van der Waals surface area (Å²) in [6.45, 7) is 3.68. The van der Waals surface area contributed by atoms with Crippen LogP contribution < -0.4 is 0 Å². The zero-order valence-corrected chi connectivity index (χ0v) is 12.0. The molecule has 0 aliphatic rings. The second kappa shape index (κ2) is 6.09.